The molecule has 24 heavy (non-hydrogen) atoms. The number of alkyl halides is 3. The maximum Gasteiger partial charge on any atom is 0.573 e. The number of rotatable bonds is 5. The lowest BCUT2D eigenvalue weighted by molar-refractivity contribution is -0.274. The van der Waals surface area contributed by atoms with Crippen molar-refractivity contribution >= 4 is 11.8 Å². The molecule has 4 atom stereocenters. The molecule has 1 aromatic carbocycles. The van der Waals surface area contributed by atoms with E-state index in [1.165, 1.54) is 18.2 Å². The Balaban J connectivity index is 1.68. The fourth-order valence-electron chi connectivity index (χ4n) is 4.26. The summed E-state index contributed by atoms with van der Waals surface area (Å²) < 4.78 is 40.7. The number of ether oxygens (including phenoxy) is 1. The van der Waals surface area contributed by atoms with E-state index >= 15 is 0 Å². The first-order chi connectivity index (χ1) is 11.2. The Morgan fingerprint density at radius 2 is 2.12 bits per heavy atom. The Labute approximate surface area is 136 Å². The predicted molar refractivity (Wildman–Crippen MR) is 77.3 cm³/mol. The largest absolute Gasteiger partial charge is 0.573 e. The van der Waals surface area contributed by atoms with Gasteiger partial charge in [-0.05, 0) is 42.9 Å². The highest BCUT2D eigenvalue weighted by molar-refractivity contribution is 5.98. The van der Waals surface area contributed by atoms with Crippen molar-refractivity contribution < 1.29 is 32.6 Å². The molecule has 4 nitrogen and oxygen atoms in total. The quantitative estimate of drug-likeness (QED) is 0.890. The van der Waals surface area contributed by atoms with Gasteiger partial charge in [-0.2, -0.15) is 0 Å². The van der Waals surface area contributed by atoms with Gasteiger partial charge < -0.3 is 9.84 Å². The van der Waals surface area contributed by atoms with E-state index < -0.39 is 23.7 Å². The number of carbonyl (C=O) groups excluding carboxylic acids is 1. The molecule has 2 aliphatic carbocycles. The summed E-state index contributed by atoms with van der Waals surface area (Å²) in [6.45, 7) is 1.77. The number of halogens is 3. The highest BCUT2D eigenvalue weighted by Gasteiger charge is 2.75. The first-order valence-electron chi connectivity index (χ1n) is 7.81. The van der Waals surface area contributed by atoms with E-state index in [2.05, 4.69) is 4.74 Å². The van der Waals surface area contributed by atoms with Gasteiger partial charge in [0, 0.05) is 11.8 Å². The maximum absolute atomic E-state index is 12.5. The van der Waals surface area contributed by atoms with Crippen molar-refractivity contribution in [3.8, 4) is 5.75 Å². The standard InChI is InChI=1S/C17H17F3O4/c1-2-16(15(22)23)12-8-10(14(21)13(12)16)6-9-4-3-5-11(7-9)24-17(18,19)20/h3-5,7,10,12-13H,2,6,8H2,1H3,(H,22,23). The number of ketones is 1. The number of Topliss-reactive ketones (excluding diaryl/α,β-unsaturated/α-hetero) is 1. The average Bonchev–Trinajstić information content (AvgIpc) is 3.02. The Kier molecular flexibility index (Phi) is 3.85. The minimum atomic E-state index is -4.76. The Morgan fingerprint density at radius 3 is 2.62 bits per heavy atom. The van der Waals surface area contributed by atoms with Gasteiger partial charge in [-0.3, -0.25) is 9.59 Å². The SMILES string of the molecule is CCC1(C(=O)O)C2CC(Cc3cccc(OC(F)(F)F)c3)C(=O)C21. The third-order valence-electron chi connectivity index (χ3n) is 5.35. The second-order valence-corrected chi connectivity index (χ2v) is 6.52. The van der Waals surface area contributed by atoms with Gasteiger partial charge in [0.05, 0.1) is 5.41 Å². The Morgan fingerprint density at radius 1 is 1.42 bits per heavy atom. The van der Waals surface area contributed by atoms with Crippen molar-refractivity contribution in [2.75, 3.05) is 0 Å². The molecule has 3 rings (SSSR count). The monoisotopic (exact) mass is 342 g/mol. The van der Waals surface area contributed by atoms with Crippen LogP contribution in [-0.4, -0.2) is 23.2 Å². The fourth-order valence-corrected chi connectivity index (χ4v) is 4.26. The number of carboxylic acids is 1. The third kappa shape index (κ3) is 2.65. The number of hydrogen-bond donors (Lipinski definition) is 1. The van der Waals surface area contributed by atoms with E-state index in [1.54, 1.807) is 13.0 Å². The predicted octanol–water partition coefficient (Wildman–Crippen LogP) is 3.44. The van der Waals surface area contributed by atoms with Gasteiger partial charge in [-0.25, -0.2) is 0 Å². The van der Waals surface area contributed by atoms with E-state index in [0.29, 0.717) is 24.8 Å². The highest BCUT2D eigenvalue weighted by atomic mass is 19.4. The molecule has 0 amide bonds. The molecule has 0 spiro atoms. The smallest absolute Gasteiger partial charge is 0.481 e. The van der Waals surface area contributed by atoms with Gasteiger partial charge >= 0.3 is 12.3 Å². The van der Waals surface area contributed by atoms with Gasteiger partial charge in [0.2, 0.25) is 0 Å². The number of benzene rings is 1. The summed E-state index contributed by atoms with van der Waals surface area (Å²) in [6, 6.07) is 5.57. The average molecular weight is 342 g/mol. The molecule has 2 aliphatic rings. The number of aliphatic carboxylic acids is 1. The van der Waals surface area contributed by atoms with Gasteiger partial charge in [0.25, 0.3) is 0 Å². The molecule has 0 heterocycles. The highest BCUT2D eigenvalue weighted by Crippen LogP contribution is 2.69. The molecule has 2 saturated carbocycles. The van der Waals surface area contributed by atoms with E-state index in [0.717, 1.165) is 0 Å². The lowest BCUT2D eigenvalue weighted by Crippen LogP contribution is -2.27. The molecule has 0 radical (unpaired) electrons. The summed E-state index contributed by atoms with van der Waals surface area (Å²) in [4.78, 5) is 23.9. The van der Waals surface area contributed by atoms with Gasteiger partial charge in [-0.1, -0.05) is 19.1 Å². The number of fused-ring (bicyclic) bond motifs is 1. The second-order valence-electron chi connectivity index (χ2n) is 6.52. The fraction of sp³-hybridized carbons (Fsp3) is 0.529. The molecular formula is C17H17F3O4. The molecule has 0 bridgehead atoms. The third-order valence-corrected chi connectivity index (χ3v) is 5.35. The maximum atomic E-state index is 12.5. The van der Waals surface area contributed by atoms with Gasteiger partial charge in [-0.15, -0.1) is 13.2 Å². The zero-order valence-electron chi connectivity index (χ0n) is 13.0. The first-order valence-corrected chi connectivity index (χ1v) is 7.81. The van der Waals surface area contributed by atoms with E-state index in [-0.39, 0.29) is 23.4 Å². The van der Waals surface area contributed by atoms with E-state index in [1.807, 2.05) is 0 Å². The summed E-state index contributed by atoms with van der Waals surface area (Å²) >= 11 is 0. The van der Waals surface area contributed by atoms with Crippen LogP contribution in [0.3, 0.4) is 0 Å². The second kappa shape index (κ2) is 5.50. The molecule has 4 unspecified atom stereocenters. The minimum absolute atomic E-state index is 0.0774. The van der Waals surface area contributed by atoms with Crippen molar-refractivity contribution in [3.05, 3.63) is 29.8 Å². The van der Waals surface area contributed by atoms with Crippen molar-refractivity contribution in [2.45, 2.75) is 32.5 Å². The molecule has 0 saturated heterocycles. The zero-order chi connectivity index (χ0) is 17.7. The van der Waals surface area contributed by atoms with Crippen LogP contribution in [0.4, 0.5) is 13.2 Å². The first kappa shape index (κ1) is 16.8. The summed E-state index contributed by atoms with van der Waals surface area (Å²) in [5.41, 5.74) is -0.344. The summed E-state index contributed by atoms with van der Waals surface area (Å²) in [6.07, 6.45) is -3.55. The molecule has 7 heteroatoms. The van der Waals surface area contributed by atoms with Crippen LogP contribution in [0.5, 0.6) is 5.75 Å². The lowest BCUT2D eigenvalue weighted by Gasteiger charge is -2.19. The van der Waals surface area contributed by atoms with Crippen LogP contribution < -0.4 is 4.74 Å². The van der Waals surface area contributed by atoms with Crippen LogP contribution in [0, 0.1) is 23.2 Å². The van der Waals surface area contributed by atoms with Crippen molar-refractivity contribution in [3.63, 3.8) is 0 Å². The van der Waals surface area contributed by atoms with Crippen LogP contribution in [0.2, 0.25) is 0 Å². The number of carboxylic acid groups (broad SMARTS) is 1. The molecule has 0 aliphatic heterocycles. The molecular weight excluding hydrogens is 325 g/mol. The van der Waals surface area contributed by atoms with Gasteiger partial charge in [0.15, 0.2) is 0 Å². The van der Waals surface area contributed by atoms with Gasteiger partial charge in [0.1, 0.15) is 11.5 Å². The van der Waals surface area contributed by atoms with Crippen molar-refractivity contribution in [1.29, 1.82) is 0 Å². The Hall–Kier alpha value is -2.05. The Bertz CT molecular complexity index is 685. The minimum Gasteiger partial charge on any atom is -0.481 e. The lowest BCUT2D eigenvalue weighted by atomic mass is 9.84. The normalized spacial score (nSPS) is 31.7. The van der Waals surface area contributed by atoms with Crippen molar-refractivity contribution in [1.82, 2.24) is 0 Å². The van der Waals surface area contributed by atoms with Crippen LogP contribution >= 0.6 is 0 Å². The van der Waals surface area contributed by atoms with E-state index in [4.69, 9.17) is 0 Å². The number of hydrogen-bond acceptors (Lipinski definition) is 3. The van der Waals surface area contributed by atoms with Crippen LogP contribution in [0.1, 0.15) is 25.3 Å². The molecule has 130 valence electrons. The molecule has 0 aromatic heterocycles. The van der Waals surface area contributed by atoms with Crippen LogP contribution in [0.25, 0.3) is 0 Å². The topological polar surface area (TPSA) is 63.6 Å². The molecule has 1 N–H and O–H groups in total. The summed E-state index contributed by atoms with van der Waals surface area (Å²) in [5.74, 6) is -2.24. The van der Waals surface area contributed by atoms with E-state index in [9.17, 15) is 27.9 Å². The van der Waals surface area contributed by atoms with Crippen LogP contribution in [-0.2, 0) is 16.0 Å². The summed E-state index contributed by atoms with van der Waals surface area (Å²) in [5, 5.41) is 9.37. The number of carbonyl (C=O) groups is 2. The van der Waals surface area contributed by atoms with Crippen molar-refractivity contribution in [2.24, 2.45) is 23.2 Å². The van der Waals surface area contributed by atoms with Crippen LogP contribution in [0.15, 0.2) is 24.3 Å². The molecule has 1 aromatic rings. The molecule has 2 fully saturated rings. The summed E-state index contributed by atoms with van der Waals surface area (Å²) in [7, 11) is 0. The zero-order valence-corrected chi connectivity index (χ0v) is 13.0.